The molecule has 0 bridgehead atoms. The molecule has 2 aromatic rings. The monoisotopic (exact) mass is 342 g/mol. The number of hydrogen-bond acceptors (Lipinski definition) is 5. The number of nitrogens with one attached hydrogen (secondary N) is 1. The van der Waals surface area contributed by atoms with Gasteiger partial charge in [0, 0.05) is 5.69 Å². The molecule has 1 N–H and O–H groups in total. The highest BCUT2D eigenvalue weighted by atomic mass is 19.1. The van der Waals surface area contributed by atoms with Crippen molar-refractivity contribution in [2.45, 2.75) is 13.0 Å². The first kappa shape index (κ1) is 17.9. The number of benzene rings is 2. The molecule has 1 amide bonds. The smallest absolute Gasteiger partial charge is 0.339 e. The summed E-state index contributed by atoms with van der Waals surface area (Å²) in [6, 6.07) is 11.8. The maximum atomic E-state index is 13.6. The number of carbonyl (C=O) groups excluding carboxylic acids is 2. The summed E-state index contributed by atoms with van der Waals surface area (Å²) in [6.07, 6.45) is -1.09. The van der Waals surface area contributed by atoms with Gasteiger partial charge in [-0.3, -0.25) is 4.79 Å². The molecule has 0 aliphatic heterocycles. The number of carbonyl (C=O) groups is 2. The Balaban J connectivity index is 1.98. The molecule has 25 heavy (non-hydrogen) atoms. The number of halogens is 1. The van der Waals surface area contributed by atoms with Crippen molar-refractivity contribution in [3.63, 3.8) is 0 Å². The molecule has 1 atom stereocenters. The van der Waals surface area contributed by atoms with Gasteiger partial charge in [0.1, 0.15) is 0 Å². The topological polar surface area (TPSA) is 88.4 Å². The number of ether oxygens (including phenoxy) is 2. The van der Waals surface area contributed by atoms with Crippen LogP contribution in [-0.2, 0) is 9.53 Å². The highest BCUT2D eigenvalue weighted by molar-refractivity contribution is 5.97. The largest absolute Gasteiger partial charge is 0.494 e. The van der Waals surface area contributed by atoms with Gasteiger partial charge in [0.2, 0.25) is 0 Å². The van der Waals surface area contributed by atoms with Crippen LogP contribution in [0.25, 0.3) is 0 Å². The molecular weight excluding hydrogens is 327 g/mol. The molecule has 0 spiro atoms. The van der Waals surface area contributed by atoms with Crippen LogP contribution < -0.4 is 10.1 Å². The second-order valence-corrected chi connectivity index (χ2v) is 5.08. The van der Waals surface area contributed by atoms with E-state index in [1.54, 1.807) is 24.3 Å². The Bertz CT molecular complexity index is 828. The number of methoxy groups -OCH3 is 1. The van der Waals surface area contributed by atoms with Crippen LogP contribution in [0.5, 0.6) is 5.75 Å². The number of hydrogen-bond donors (Lipinski definition) is 1. The van der Waals surface area contributed by atoms with Crippen molar-refractivity contribution < 1.29 is 23.5 Å². The van der Waals surface area contributed by atoms with Crippen LogP contribution in [-0.4, -0.2) is 25.1 Å². The zero-order valence-electron chi connectivity index (χ0n) is 13.6. The molecule has 0 aromatic heterocycles. The molecule has 2 aromatic carbocycles. The lowest BCUT2D eigenvalue weighted by molar-refractivity contribution is -0.123. The van der Waals surface area contributed by atoms with Crippen molar-refractivity contribution in [2.24, 2.45) is 0 Å². The molecule has 0 heterocycles. The van der Waals surface area contributed by atoms with Crippen LogP contribution in [0.4, 0.5) is 10.1 Å². The molecule has 0 fully saturated rings. The van der Waals surface area contributed by atoms with E-state index in [9.17, 15) is 14.0 Å². The van der Waals surface area contributed by atoms with E-state index in [4.69, 9.17) is 14.7 Å². The second kappa shape index (κ2) is 7.93. The Morgan fingerprint density at radius 1 is 1.20 bits per heavy atom. The first-order chi connectivity index (χ1) is 11.9. The number of nitriles is 1. The van der Waals surface area contributed by atoms with E-state index in [1.165, 1.54) is 26.2 Å². The summed E-state index contributed by atoms with van der Waals surface area (Å²) in [6.45, 7) is 1.40. The Morgan fingerprint density at radius 3 is 2.44 bits per heavy atom. The quantitative estimate of drug-likeness (QED) is 0.844. The molecule has 0 unspecified atom stereocenters. The summed E-state index contributed by atoms with van der Waals surface area (Å²) < 4.78 is 23.4. The van der Waals surface area contributed by atoms with Crippen LogP contribution in [0.3, 0.4) is 0 Å². The highest BCUT2D eigenvalue weighted by Crippen LogP contribution is 2.18. The molecule has 0 saturated carbocycles. The van der Waals surface area contributed by atoms with Crippen molar-refractivity contribution in [1.82, 2.24) is 0 Å². The van der Waals surface area contributed by atoms with E-state index < -0.39 is 23.8 Å². The van der Waals surface area contributed by atoms with Gasteiger partial charge in [0.15, 0.2) is 17.7 Å². The minimum atomic E-state index is -1.09. The maximum Gasteiger partial charge on any atom is 0.339 e. The summed E-state index contributed by atoms with van der Waals surface area (Å²) in [7, 11) is 1.31. The number of esters is 1. The molecule has 0 aliphatic carbocycles. The van der Waals surface area contributed by atoms with Crippen LogP contribution in [0.2, 0.25) is 0 Å². The first-order valence-electron chi connectivity index (χ1n) is 7.30. The highest BCUT2D eigenvalue weighted by Gasteiger charge is 2.20. The van der Waals surface area contributed by atoms with E-state index in [0.717, 1.165) is 6.07 Å². The Labute approximate surface area is 143 Å². The summed E-state index contributed by atoms with van der Waals surface area (Å²) in [4.78, 5) is 24.1. The van der Waals surface area contributed by atoms with E-state index in [0.29, 0.717) is 11.3 Å². The molecule has 128 valence electrons. The van der Waals surface area contributed by atoms with Crippen molar-refractivity contribution in [2.75, 3.05) is 12.4 Å². The SMILES string of the molecule is COc1ccc(C(=O)O[C@@H](C)C(=O)Nc2ccc(C#N)cc2)cc1F. The molecule has 0 radical (unpaired) electrons. The Hall–Kier alpha value is -3.40. The average Bonchev–Trinajstić information content (AvgIpc) is 2.62. The zero-order valence-corrected chi connectivity index (χ0v) is 13.6. The second-order valence-electron chi connectivity index (χ2n) is 5.08. The van der Waals surface area contributed by atoms with Gasteiger partial charge in [-0.05, 0) is 49.4 Å². The lowest BCUT2D eigenvalue weighted by Crippen LogP contribution is -2.30. The summed E-state index contributed by atoms with van der Waals surface area (Å²) in [5.41, 5.74) is 0.887. The van der Waals surface area contributed by atoms with E-state index in [1.807, 2.05) is 6.07 Å². The van der Waals surface area contributed by atoms with Gasteiger partial charge in [-0.1, -0.05) is 0 Å². The normalized spacial score (nSPS) is 11.1. The predicted octanol–water partition coefficient (Wildman–Crippen LogP) is 2.89. The third-order valence-corrected chi connectivity index (χ3v) is 3.32. The van der Waals surface area contributed by atoms with Gasteiger partial charge >= 0.3 is 5.97 Å². The fourth-order valence-corrected chi connectivity index (χ4v) is 1.95. The standard InChI is InChI=1S/C18H15FN2O4/c1-11(17(22)21-14-6-3-12(10-20)4-7-14)25-18(23)13-5-8-16(24-2)15(19)9-13/h3-9,11H,1-2H3,(H,21,22)/t11-/m0/s1. The summed E-state index contributed by atoms with van der Waals surface area (Å²) >= 11 is 0. The van der Waals surface area contributed by atoms with Crippen molar-refractivity contribution >= 4 is 17.6 Å². The van der Waals surface area contributed by atoms with Crippen molar-refractivity contribution in [1.29, 1.82) is 5.26 Å². The fourth-order valence-electron chi connectivity index (χ4n) is 1.95. The fraction of sp³-hybridized carbons (Fsp3) is 0.167. The van der Waals surface area contributed by atoms with Crippen LogP contribution >= 0.6 is 0 Å². The molecule has 0 saturated heterocycles. The van der Waals surface area contributed by atoms with Gasteiger partial charge in [-0.15, -0.1) is 0 Å². The zero-order chi connectivity index (χ0) is 18.4. The summed E-state index contributed by atoms with van der Waals surface area (Å²) in [5, 5.41) is 11.3. The first-order valence-corrected chi connectivity index (χ1v) is 7.30. The third-order valence-electron chi connectivity index (χ3n) is 3.32. The molecule has 0 aliphatic rings. The minimum absolute atomic E-state index is 0.00292. The van der Waals surface area contributed by atoms with Gasteiger partial charge in [-0.2, -0.15) is 5.26 Å². The van der Waals surface area contributed by atoms with E-state index >= 15 is 0 Å². The molecule has 2 rings (SSSR count). The minimum Gasteiger partial charge on any atom is -0.494 e. The maximum absolute atomic E-state index is 13.6. The number of anilines is 1. The number of rotatable bonds is 5. The van der Waals surface area contributed by atoms with Gasteiger partial charge < -0.3 is 14.8 Å². The van der Waals surface area contributed by atoms with Crippen LogP contribution in [0, 0.1) is 17.1 Å². The van der Waals surface area contributed by atoms with Gasteiger partial charge in [0.25, 0.3) is 5.91 Å². The number of amides is 1. The van der Waals surface area contributed by atoms with Crippen molar-refractivity contribution in [3.8, 4) is 11.8 Å². The van der Waals surface area contributed by atoms with E-state index in [-0.39, 0.29) is 11.3 Å². The molecular formula is C18H15FN2O4. The van der Waals surface area contributed by atoms with Gasteiger partial charge in [-0.25, -0.2) is 9.18 Å². The van der Waals surface area contributed by atoms with E-state index in [2.05, 4.69) is 5.32 Å². The Morgan fingerprint density at radius 2 is 1.88 bits per heavy atom. The lowest BCUT2D eigenvalue weighted by atomic mass is 10.2. The Kier molecular flexibility index (Phi) is 5.69. The van der Waals surface area contributed by atoms with Gasteiger partial charge in [0.05, 0.1) is 24.3 Å². The molecule has 7 heteroatoms. The molecule has 6 nitrogen and oxygen atoms in total. The summed E-state index contributed by atoms with van der Waals surface area (Å²) in [5.74, 6) is -2.08. The number of nitrogens with zero attached hydrogens (tertiary/aromatic N) is 1. The lowest BCUT2D eigenvalue weighted by Gasteiger charge is -2.14. The predicted molar refractivity (Wildman–Crippen MR) is 87.6 cm³/mol. The van der Waals surface area contributed by atoms with Crippen LogP contribution in [0.1, 0.15) is 22.8 Å². The van der Waals surface area contributed by atoms with Crippen LogP contribution in [0.15, 0.2) is 42.5 Å². The average molecular weight is 342 g/mol. The third kappa shape index (κ3) is 4.54. The van der Waals surface area contributed by atoms with Crippen molar-refractivity contribution in [3.05, 3.63) is 59.4 Å².